The van der Waals surface area contributed by atoms with Gasteiger partial charge < -0.3 is 5.73 Å². The normalized spacial score (nSPS) is 13.6. The fourth-order valence-electron chi connectivity index (χ4n) is 2.22. The lowest BCUT2D eigenvalue weighted by atomic mass is 9.94. The molecule has 0 spiro atoms. The molecule has 0 radical (unpaired) electrons. The number of allylic oxidation sites excluding steroid dienone is 4. The van der Waals surface area contributed by atoms with Crippen LogP contribution in [0.25, 0.3) is 5.57 Å². The molecule has 0 aliphatic carbocycles. The van der Waals surface area contributed by atoms with Crippen molar-refractivity contribution in [1.29, 1.82) is 5.26 Å². The number of nitrogens with zero attached hydrogens (tertiary/aromatic N) is 3. The summed E-state index contributed by atoms with van der Waals surface area (Å²) in [6.07, 6.45) is 1.50. The van der Waals surface area contributed by atoms with Gasteiger partial charge in [0.1, 0.15) is 0 Å². The van der Waals surface area contributed by atoms with E-state index in [-0.39, 0.29) is 29.5 Å². The van der Waals surface area contributed by atoms with Crippen LogP contribution in [0.4, 0.5) is 13.2 Å². The minimum atomic E-state index is -4.59. The maximum absolute atomic E-state index is 13.1. The maximum atomic E-state index is 13.1. The second-order valence-corrected chi connectivity index (χ2v) is 7.35. The van der Waals surface area contributed by atoms with E-state index in [1.54, 1.807) is 39.8 Å². The topological polar surface area (TPSA) is 84.7 Å². The van der Waals surface area contributed by atoms with E-state index in [2.05, 4.69) is 5.10 Å². The summed E-state index contributed by atoms with van der Waals surface area (Å²) in [4.78, 5) is 12.7. The van der Waals surface area contributed by atoms with Gasteiger partial charge in [-0.25, -0.2) is 0 Å². The van der Waals surface area contributed by atoms with Gasteiger partial charge in [-0.15, -0.1) is 0 Å². The number of aromatic nitrogens is 2. The molecule has 1 atom stereocenters. The van der Waals surface area contributed by atoms with Crippen LogP contribution in [0.15, 0.2) is 24.3 Å². The fraction of sp³-hybridized carbons (Fsp3) is 0.571. The summed E-state index contributed by atoms with van der Waals surface area (Å²) >= 11 is 0. The van der Waals surface area contributed by atoms with Crippen molar-refractivity contribution in [3.63, 3.8) is 0 Å². The lowest BCUT2D eigenvalue weighted by molar-refractivity contribution is -0.141. The minimum absolute atomic E-state index is 0.0549. The highest BCUT2D eigenvalue weighted by molar-refractivity contribution is 6.21. The zero-order valence-corrected chi connectivity index (χ0v) is 18.0. The van der Waals surface area contributed by atoms with E-state index < -0.39 is 17.4 Å². The van der Waals surface area contributed by atoms with Crippen LogP contribution in [0.2, 0.25) is 0 Å². The van der Waals surface area contributed by atoms with E-state index in [1.807, 2.05) is 19.9 Å². The first kappa shape index (κ1) is 26.6. The van der Waals surface area contributed by atoms with Gasteiger partial charge in [-0.05, 0) is 39.3 Å². The quantitative estimate of drug-likeness (QED) is 0.497. The molecule has 0 saturated carbocycles. The SMILES string of the molecule is C/C=C\C=C(/C(=O)C(C)CC)c1cc(C(F)(F)F)nn1CC(C)(C)N.CCC#N. The molecule has 0 aliphatic rings. The van der Waals surface area contributed by atoms with Crippen LogP contribution in [0.3, 0.4) is 0 Å². The molecule has 5 nitrogen and oxygen atoms in total. The highest BCUT2D eigenvalue weighted by atomic mass is 19.4. The number of carbonyl (C=O) groups excluding carboxylic acids is 1. The number of rotatable bonds is 7. The Hall–Kier alpha value is -2.40. The summed E-state index contributed by atoms with van der Waals surface area (Å²) in [5.41, 5.74) is 4.48. The van der Waals surface area contributed by atoms with Gasteiger partial charge in [0, 0.05) is 23.5 Å². The van der Waals surface area contributed by atoms with E-state index >= 15 is 0 Å². The number of nitriles is 1. The van der Waals surface area contributed by atoms with Crippen LogP contribution < -0.4 is 5.73 Å². The average molecular weight is 413 g/mol. The Kier molecular flexibility index (Phi) is 10.6. The number of ketones is 1. The largest absolute Gasteiger partial charge is 0.435 e. The third-order valence-corrected chi connectivity index (χ3v) is 3.84. The van der Waals surface area contributed by atoms with E-state index in [9.17, 15) is 18.0 Å². The lowest BCUT2D eigenvalue weighted by Crippen LogP contribution is -2.38. The Morgan fingerprint density at radius 3 is 2.31 bits per heavy atom. The number of Topliss-reactive ketones (excluding diaryl/α,β-unsaturated/α-hetero) is 1. The maximum Gasteiger partial charge on any atom is 0.435 e. The molecule has 0 aromatic carbocycles. The van der Waals surface area contributed by atoms with Crippen LogP contribution in [0.5, 0.6) is 0 Å². The third-order valence-electron chi connectivity index (χ3n) is 3.84. The highest BCUT2D eigenvalue weighted by Gasteiger charge is 2.36. The first-order valence-corrected chi connectivity index (χ1v) is 9.50. The molecule has 1 aromatic heterocycles. The number of halogens is 3. The fourth-order valence-corrected chi connectivity index (χ4v) is 2.22. The molecule has 1 unspecified atom stereocenters. The molecule has 29 heavy (non-hydrogen) atoms. The number of carbonyl (C=O) groups is 1. The van der Waals surface area contributed by atoms with Crippen LogP contribution in [-0.2, 0) is 17.5 Å². The molecule has 2 N–H and O–H groups in total. The second kappa shape index (κ2) is 11.6. The summed E-state index contributed by atoms with van der Waals surface area (Å²) in [7, 11) is 0. The van der Waals surface area contributed by atoms with Crippen LogP contribution in [0.1, 0.15) is 65.8 Å². The van der Waals surface area contributed by atoms with Crippen molar-refractivity contribution in [2.45, 2.75) is 72.6 Å². The molecule has 0 fully saturated rings. The first-order chi connectivity index (χ1) is 13.3. The molecule has 1 aromatic rings. The predicted octanol–water partition coefficient (Wildman–Crippen LogP) is 5.13. The molecule has 8 heteroatoms. The monoisotopic (exact) mass is 412 g/mol. The molecule has 0 bridgehead atoms. The molecule has 1 heterocycles. The van der Waals surface area contributed by atoms with E-state index in [1.165, 1.54) is 10.8 Å². The predicted molar refractivity (Wildman–Crippen MR) is 109 cm³/mol. The smallest absolute Gasteiger partial charge is 0.324 e. The Labute approximate surface area is 171 Å². The van der Waals surface area contributed by atoms with Crippen molar-refractivity contribution >= 4 is 11.4 Å². The lowest BCUT2D eigenvalue weighted by Gasteiger charge is -2.21. The standard InChI is InChI=1S/C18H26F3N3O.C3H5N/c1-6-8-9-13(16(25)12(3)7-2)14-10-15(18(19,20)21)23-24(14)11-17(4,5)22;1-2-3-4/h6,8-10,12H,7,11,22H2,1-5H3;2H2,1H3/b8-6-,13-9-;. The molecule has 0 saturated heterocycles. The van der Waals surface area contributed by atoms with Crippen LogP contribution >= 0.6 is 0 Å². The van der Waals surface area contributed by atoms with Gasteiger partial charge in [-0.2, -0.15) is 23.5 Å². The molecule has 0 aliphatic heterocycles. The number of hydrogen-bond donors (Lipinski definition) is 1. The van der Waals surface area contributed by atoms with Crippen molar-refractivity contribution in [2.75, 3.05) is 0 Å². The molecular weight excluding hydrogens is 381 g/mol. The summed E-state index contributed by atoms with van der Waals surface area (Å²) in [6, 6.07) is 2.85. The molecular formula is C21H31F3N4O. The van der Waals surface area contributed by atoms with Gasteiger partial charge in [0.2, 0.25) is 0 Å². The van der Waals surface area contributed by atoms with Gasteiger partial charge in [-0.1, -0.05) is 32.9 Å². The zero-order chi connectivity index (χ0) is 22.8. The van der Waals surface area contributed by atoms with Gasteiger partial charge in [-0.3, -0.25) is 9.48 Å². The van der Waals surface area contributed by atoms with E-state index in [4.69, 9.17) is 11.0 Å². The van der Waals surface area contributed by atoms with Gasteiger partial charge >= 0.3 is 6.18 Å². The van der Waals surface area contributed by atoms with Crippen LogP contribution in [0, 0.1) is 17.2 Å². The minimum Gasteiger partial charge on any atom is -0.324 e. The summed E-state index contributed by atoms with van der Waals surface area (Å²) in [5, 5.41) is 11.3. The summed E-state index contributed by atoms with van der Waals surface area (Å²) < 4.78 is 40.6. The molecule has 162 valence electrons. The van der Waals surface area contributed by atoms with Crippen molar-refractivity contribution in [3.05, 3.63) is 35.7 Å². The molecule has 0 amide bonds. The Bertz CT molecular complexity index is 762. The highest BCUT2D eigenvalue weighted by Crippen LogP contribution is 2.32. The second-order valence-electron chi connectivity index (χ2n) is 7.35. The van der Waals surface area contributed by atoms with Crippen molar-refractivity contribution in [2.24, 2.45) is 11.7 Å². The number of hydrogen-bond acceptors (Lipinski definition) is 4. The zero-order valence-electron chi connectivity index (χ0n) is 18.0. The van der Waals surface area contributed by atoms with Crippen molar-refractivity contribution < 1.29 is 18.0 Å². The number of nitrogens with two attached hydrogens (primary N) is 1. The summed E-state index contributed by atoms with van der Waals surface area (Å²) in [5.74, 6) is -0.523. The van der Waals surface area contributed by atoms with E-state index in [0.717, 1.165) is 6.07 Å². The Balaban J connectivity index is 0.00000178. The van der Waals surface area contributed by atoms with Crippen molar-refractivity contribution in [1.82, 2.24) is 9.78 Å². The van der Waals surface area contributed by atoms with Crippen LogP contribution in [-0.4, -0.2) is 21.1 Å². The number of alkyl halides is 3. The van der Waals surface area contributed by atoms with Gasteiger partial charge in [0.15, 0.2) is 11.5 Å². The first-order valence-electron chi connectivity index (χ1n) is 9.50. The Morgan fingerprint density at radius 2 is 1.93 bits per heavy atom. The average Bonchev–Trinajstić information content (AvgIpc) is 3.03. The van der Waals surface area contributed by atoms with E-state index in [0.29, 0.717) is 12.8 Å². The molecule has 1 rings (SSSR count). The van der Waals surface area contributed by atoms with Crippen molar-refractivity contribution in [3.8, 4) is 6.07 Å². The Morgan fingerprint density at radius 1 is 1.38 bits per heavy atom. The van der Waals surface area contributed by atoms with Gasteiger partial charge in [0.05, 0.1) is 18.3 Å². The third kappa shape index (κ3) is 9.09. The summed E-state index contributed by atoms with van der Waals surface area (Å²) in [6.45, 7) is 10.6. The van der Waals surface area contributed by atoms with Gasteiger partial charge in [0.25, 0.3) is 0 Å².